The fourth-order valence-electron chi connectivity index (χ4n) is 2.16. The molecule has 0 spiro atoms. The number of hydrogen-bond acceptors (Lipinski definition) is 3. The molecule has 1 fully saturated rings. The van der Waals surface area contributed by atoms with Crippen LogP contribution < -0.4 is 10.6 Å². The van der Waals surface area contributed by atoms with E-state index in [-0.39, 0.29) is 5.91 Å². The van der Waals surface area contributed by atoms with Gasteiger partial charge in [0.1, 0.15) is 6.04 Å². The van der Waals surface area contributed by atoms with Gasteiger partial charge < -0.3 is 15.7 Å². The molecular formula is C13H24N2O3. The van der Waals surface area contributed by atoms with Crippen molar-refractivity contribution in [1.29, 1.82) is 0 Å². The number of carboxylic acid groups (broad SMARTS) is 1. The van der Waals surface area contributed by atoms with E-state index in [1.165, 1.54) is 0 Å². The van der Waals surface area contributed by atoms with Crippen LogP contribution in [0.3, 0.4) is 0 Å². The number of hydrogen-bond donors (Lipinski definition) is 3. The van der Waals surface area contributed by atoms with Crippen molar-refractivity contribution in [3.05, 3.63) is 0 Å². The van der Waals surface area contributed by atoms with E-state index < -0.39 is 22.8 Å². The summed E-state index contributed by atoms with van der Waals surface area (Å²) in [5.74, 6) is -1.13. The molecule has 1 rings (SSSR count). The van der Waals surface area contributed by atoms with Gasteiger partial charge in [0, 0.05) is 5.41 Å². The van der Waals surface area contributed by atoms with Crippen LogP contribution in [-0.4, -0.2) is 36.1 Å². The Bertz CT molecular complexity index is 328. The van der Waals surface area contributed by atoms with Gasteiger partial charge in [-0.15, -0.1) is 0 Å². The lowest BCUT2D eigenvalue weighted by Crippen LogP contribution is -2.54. The molecule has 1 aliphatic rings. The Balaban J connectivity index is 2.75. The number of carboxylic acids is 1. The second-order valence-electron chi connectivity index (χ2n) is 6.42. The van der Waals surface area contributed by atoms with Crippen LogP contribution in [0.2, 0.25) is 0 Å². The van der Waals surface area contributed by atoms with Crippen LogP contribution >= 0.6 is 0 Å². The minimum absolute atomic E-state index is 0.147. The highest BCUT2D eigenvalue weighted by atomic mass is 16.4. The molecule has 1 atom stereocenters. The maximum atomic E-state index is 12.3. The van der Waals surface area contributed by atoms with Crippen molar-refractivity contribution in [3.8, 4) is 0 Å². The first-order valence-corrected chi connectivity index (χ1v) is 6.41. The van der Waals surface area contributed by atoms with Crippen molar-refractivity contribution in [2.45, 2.75) is 46.6 Å². The normalized spacial score (nSPS) is 21.1. The van der Waals surface area contributed by atoms with Gasteiger partial charge in [-0.25, -0.2) is 4.79 Å². The molecule has 0 saturated carbocycles. The lowest BCUT2D eigenvalue weighted by atomic mass is 9.79. The summed E-state index contributed by atoms with van der Waals surface area (Å²) in [5, 5.41) is 15.1. The summed E-state index contributed by atoms with van der Waals surface area (Å²) in [7, 11) is 0. The highest BCUT2D eigenvalue weighted by Crippen LogP contribution is 2.29. The SMILES string of the molecule is CC1(C(=O)N[C@H](C(=O)O)C(C)(C)C)CCNCC1. The average Bonchev–Trinajstić information content (AvgIpc) is 2.24. The molecule has 1 heterocycles. The predicted octanol–water partition coefficient (Wildman–Crippen LogP) is 0.992. The maximum absolute atomic E-state index is 12.3. The fraction of sp³-hybridized carbons (Fsp3) is 0.846. The summed E-state index contributed by atoms with van der Waals surface area (Å²) in [6.45, 7) is 8.96. The Morgan fingerprint density at radius 1 is 1.28 bits per heavy atom. The summed E-state index contributed by atoms with van der Waals surface area (Å²) in [6, 6.07) is -0.850. The minimum Gasteiger partial charge on any atom is -0.480 e. The molecule has 3 N–H and O–H groups in total. The van der Waals surface area contributed by atoms with E-state index in [0.29, 0.717) is 0 Å². The smallest absolute Gasteiger partial charge is 0.326 e. The number of piperidine rings is 1. The third-order valence-electron chi connectivity index (χ3n) is 3.64. The lowest BCUT2D eigenvalue weighted by Gasteiger charge is -2.36. The molecule has 0 aromatic heterocycles. The van der Waals surface area contributed by atoms with Crippen LogP contribution in [0, 0.1) is 10.8 Å². The summed E-state index contributed by atoms with van der Waals surface area (Å²) in [6.07, 6.45) is 1.49. The summed E-state index contributed by atoms with van der Waals surface area (Å²) < 4.78 is 0. The van der Waals surface area contributed by atoms with Crippen LogP contribution in [0.25, 0.3) is 0 Å². The Hall–Kier alpha value is -1.10. The van der Waals surface area contributed by atoms with Crippen molar-refractivity contribution in [2.75, 3.05) is 13.1 Å². The second-order valence-corrected chi connectivity index (χ2v) is 6.42. The lowest BCUT2D eigenvalue weighted by molar-refractivity contribution is -0.147. The predicted molar refractivity (Wildman–Crippen MR) is 69.2 cm³/mol. The van der Waals surface area contributed by atoms with Gasteiger partial charge in [-0.2, -0.15) is 0 Å². The van der Waals surface area contributed by atoms with Crippen molar-refractivity contribution in [1.82, 2.24) is 10.6 Å². The van der Waals surface area contributed by atoms with Gasteiger partial charge in [-0.3, -0.25) is 4.79 Å². The molecule has 1 amide bonds. The third kappa shape index (κ3) is 3.45. The summed E-state index contributed by atoms with van der Waals surface area (Å²) in [4.78, 5) is 23.5. The number of aliphatic carboxylic acids is 1. The zero-order valence-electron chi connectivity index (χ0n) is 11.7. The highest BCUT2D eigenvalue weighted by molar-refractivity contribution is 5.87. The van der Waals surface area contributed by atoms with Crippen molar-refractivity contribution >= 4 is 11.9 Å². The van der Waals surface area contributed by atoms with Crippen LogP contribution in [0.4, 0.5) is 0 Å². The molecule has 104 valence electrons. The van der Waals surface area contributed by atoms with Crippen LogP contribution in [-0.2, 0) is 9.59 Å². The Morgan fingerprint density at radius 2 is 1.78 bits per heavy atom. The Morgan fingerprint density at radius 3 is 2.17 bits per heavy atom. The first-order valence-electron chi connectivity index (χ1n) is 6.41. The number of carbonyl (C=O) groups excluding carboxylic acids is 1. The number of carbonyl (C=O) groups is 2. The largest absolute Gasteiger partial charge is 0.480 e. The van der Waals surface area contributed by atoms with Crippen molar-refractivity contribution in [2.24, 2.45) is 10.8 Å². The average molecular weight is 256 g/mol. The van der Waals surface area contributed by atoms with Crippen LogP contribution in [0.1, 0.15) is 40.5 Å². The Labute approximate surface area is 108 Å². The second kappa shape index (κ2) is 5.26. The van der Waals surface area contributed by atoms with E-state index >= 15 is 0 Å². The van der Waals surface area contributed by atoms with Gasteiger partial charge >= 0.3 is 5.97 Å². The molecule has 0 aromatic carbocycles. The Kier molecular flexibility index (Phi) is 4.37. The fourth-order valence-corrected chi connectivity index (χ4v) is 2.16. The standard InChI is InChI=1S/C13H24N2O3/c1-12(2,3)9(10(16)17)15-11(18)13(4)5-7-14-8-6-13/h9,14H,5-8H2,1-4H3,(H,15,18)(H,16,17)/t9-/m1/s1. The van der Waals surface area contributed by atoms with E-state index in [9.17, 15) is 14.7 Å². The molecule has 0 radical (unpaired) electrons. The first kappa shape index (κ1) is 15.0. The van der Waals surface area contributed by atoms with Gasteiger partial charge in [0.05, 0.1) is 0 Å². The van der Waals surface area contributed by atoms with E-state index in [4.69, 9.17) is 0 Å². The minimum atomic E-state index is -0.978. The first-order chi connectivity index (χ1) is 8.17. The van der Waals surface area contributed by atoms with Gasteiger partial charge in [-0.05, 0) is 31.3 Å². The topological polar surface area (TPSA) is 78.4 Å². The van der Waals surface area contributed by atoms with Gasteiger partial charge in [0.25, 0.3) is 0 Å². The molecule has 0 bridgehead atoms. The maximum Gasteiger partial charge on any atom is 0.326 e. The molecule has 18 heavy (non-hydrogen) atoms. The van der Waals surface area contributed by atoms with E-state index in [1.54, 1.807) is 0 Å². The van der Waals surface area contributed by atoms with Crippen LogP contribution in [0.15, 0.2) is 0 Å². The molecule has 5 heteroatoms. The zero-order valence-corrected chi connectivity index (χ0v) is 11.7. The van der Waals surface area contributed by atoms with E-state index in [1.807, 2.05) is 27.7 Å². The third-order valence-corrected chi connectivity index (χ3v) is 3.64. The van der Waals surface area contributed by atoms with Gasteiger partial charge in [-0.1, -0.05) is 27.7 Å². The van der Waals surface area contributed by atoms with Gasteiger partial charge in [0.2, 0.25) is 5.91 Å². The zero-order chi connectivity index (χ0) is 14.0. The summed E-state index contributed by atoms with van der Waals surface area (Å²) >= 11 is 0. The van der Waals surface area contributed by atoms with Crippen LogP contribution in [0.5, 0.6) is 0 Å². The monoisotopic (exact) mass is 256 g/mol. The molecule has 5 nitrogen and oxygen atoms in total. The molecule has 0 unspecified atom stereocenters. The van der Waals surface area contributed by atoms with E-state index in [2.05, 4.69) is 10.6 Å². The molecule has 1 saturated heterocycles. The van der Waals surface area contributed by atoms with Crippen molar-refractivity contribution < 1.29 is 14.7 Å². The van der Waals surface area contributed by atoms with Gasteiger partial charge in [0.15, 0.2) is 0 Å². The quantitative estimate of drug-likeness (QED) is 0.703. The molecule has 1 aliphatic heterocycles. The highest BCUT2D eigenvalue weighted by Gasteiger charge is 2.39. The molecule has 0 aromatic rings. The summed E-state index contributed by atoms with van der Waals surface area (Å²) in [5.41, 5.74) is -0.949. The van der Waals surface area contributed by atoms with Crippen molar-refractivity contribution in [3.63, 3.8) is 0 Å². The number of amides is 1. The van der Waals surface area contributed by atoms with E-state index in [0.717, 1.165) is 25.9 Å². The number of rotatable bonds is 3. The number of nitrogens with one attached hydrogen (secondary N) is 2. The molecular weight excluding hydrogens is 232 g/mol. The molecule has 0 aliphatic carbocycles.